The average molecular weight is 1770 g/mol. The lowest BCUT2D eigenvalue weighted by Crippen LogP contribution is -2.61. The van der Waals surface area contributed by atoms with E-state index in [4.69, 9.17) is 27.7 Å². The zero-order valence-corrected chi connectivity index (χ0v) is 69.1. The van der Waals surface area contributed by atoms with Crippen LogP contribution in [0.1, 0.15) is 122 Å². The largest absolute Gasteiger partial charge is 0.508 e. The number of aliphatic hydroxyl groups excluding tert-OH is 1. The number of nitrogens with zero attached hydrogens (tertiary/aromatic N) is 1. The van der Waals surface area contributed by atoms with Crippen molar-refractivity contribution in [3.63, 3.8) is 0 Å². The highest BCUT2D eigenvalue weighted by molar-refractivity contribution is 7.98. The summed E-state index contributed by atoms with van der Waals surface area (Å²) < 4.78 is 0. The number of aromatic amines is 1. The molecule has 14 atom stereocenters. The highest BCUT2D eigenvalue weighted by Gasteiger charge is 2.39. The monoisotopic (exact) mass is 1770 g/mol. The molecule has 0 aliphatic carbocycles. The van der Waals surface area contributed by atoms with Crippen molar-refractivity contribution in [1.29, 1.82) is 5.41 Å². The van der Waals surface area contributed by atoms with Crippen molar-refractivity contribution in [2.24, 2.45) is 23.1 Å². The first-order valence-electron chi connectivity index (χ1n) is 38.7. The van der Waals surface area contributed by atoms with Gasteiger partial charge in [0.2, 0.25) is 88.6 Å². The van der Waals surface area contributed by atoms with E-state index in [1.807, 2.05) is 0 Å². The van der Waals surface area contributed by atoms with Gasteiger partial charge in [-0.15, -0.1) is 0 Å². The van der Waals surface area contributed by atoms with Gasteiger partial charge in [0.1, 0.15) is 84.8 Å². The Morgan fingerprint density at radius 2 is 0.855 bits per heavy atom. The molecule has 3 aromatic rings. The van der Waals surface area contributed by atoms with Gasteiger partial charge in [0.25, 0.3) is 0 Å². The van der Waals surface area contributed by atoms with Crippen LogP contribution in [0.2, 0.25) is 0 Å². The quantitative estimate of drug-likeness (QED) is 0.0142. The number of phenols is 1. The molecule has 0 spiro atoms. The minimum absolute atomic E-state index is 0.00896. The fraction of sp³-hybridized carbons (Fsp3) is 0.520. The number of thioether (sulfide) groups is 1. The lowest BCUT2D eigenvalue weighted by molar-refractivity contribution is -0.142. The number of H-pyrrole nitrogens is 1. The lowest BCUT2D eigenvalue weighted by atomic mass is 10.0. The van der Waals surface area contributed by atoms with Crippen LogP contribution in [0.3, 0.4) is 0 Å². The minimum atomic E-state index is -2.16. The maximum absolute atomic E-state index is 14.6. The molecule has 15 amide bonds. The molecule has 0 aliphatic rings. The van der Waals surface area contributed by atoms with Gasteiger partial charge < -0.3 is 138 Å². The van der Waals surface area contributed by atoms with Crippen molar-refractivity contribution in [1.82, 2.24) is 89.7 Å². The van der Waals surface area contributed by atoms with E-state index < -0.39 is 293 Å². The fourth-order valence-electron chi connectivity index (χ4n) is 11.5. The summed E-state index contributed by atoms with van der Waals surface area (Å²) in [5, 5.41) is 111. The molecule has 1 aromatic heterocycles. The van der Waals surface area contributed by atoms with Gasteiger partial charge in [0.15, 0.2) is 5.96 Å². The lowest BCUT2D eigenvalue weighted by Gasteiger charge is -2.29. The van der Waals surface area contributed by atoms with Crippen LogP contribution >= 0.6 is 11.8 Å². The number of phenolic OH excluding ortho intramolecular Hbond substituents is 1. The Balaban J connectivity index is 1.90. The van der Waals surface area contributed by atoms with Crippen LogP contribution < -0.4 is 97.0 Å². The Kier molecular flexibility index (Phi) is 45.5. The number of aromatic nitrogens is 2. The highest BCUT2D eigenvalue weighted by Crippen LogP contribution is 2.16. The molecule has 48 nitrogen and oxygen atoms in total. The van der Waals surface area contributed by atoms with Gasteiger partial charge in [-0.2, -0.15) is 11.8 Å². The maximum Gasteiger partial charge on any atom is 0.322 e. The molecule has 0 bridgehead atoms. The van der Waals surface area contributed by atoms with Crippen LogP contribution in [0.5, 0.6) is 5.75 Å². The topological polar surface area (TPSA) is 794 Å². The molecule has 124 heavy (non-hydrogen) atoms. The molecule has 0 saturated heterocycles. The number of hydrogen-bond acceptors (Lipinski definition) is 26. The van der Waals surface area contributed by atoms with Crippen LogP contribution in [0.15, 0.2) is 67.1 Å². The van der Waals surface area contributed by atoms with Crippen molar-refractivity contribution in [3.8, 4) is 5.75 Å². The Morgan fingerprint density at radius 3 is 1.32 bits per heavy atom. The summed E-state index contributed by atoms with van der Waals surface area (Å²) in [6.07, 6.45) is -5.53. The number of hydrogen-bond donors (Lipinski definition) is 27. The molecular formula is C75H109N21O27S. The summed E-state index contributed by atoms with van der Waals surface area (Å²) in [5.74, 6) is -26.0. The standard InChI is InChI=1S/C75H109N21O27S/c1-36(2)60(96-69(118)47(20-24-57(105)106)89-71(120)50(28-39-10-7-6-8-11-39)91-66(115)45(18-22-55(101)102)87-65(114)44(17-21-53(77)99)86-63(112)43(76)12-9-26-81-75(78)79)73(122)90-48(25-27-124-5)68(117)88-46(19-23-56(103)104)67(116)93-52(31-58(107)108)72(121)92-51(30-41-32-80-35-84-41)70(119)85-37(3)62(111)82-33-54(100)95-61(38(4)97)74(123)94-49(64(113)83-34-59(109)110)29-40-13-15-42(98)16-14-40/h6-8,10-11,13-16,32,35-38,43-52,60-61,97-98H,9,12,17-31,33-34,76H2,1-5H3,(H2,77,99)(H,80,84)(H,82,111)(H,83,113)(H,85,119)(H,86,112)(H,87,114)(H,88,117)(H,89,120)(H,90,122)(H,91,115)(H,92,121)(H,93,116)(H,94,123)(H,95,100)(H,96,118)(H,101,102)(H,103,104)(H,105,106)(H,107,108)(H,109,110)(H4,78,79,81)/t37-,38+,43-,44-,45-,46-,47-,48-,49-,50-,51-,52-,60-,61-/m0/s1. The van der Waals surface area contributed by atoms with Gasteiger partial charge in [-0.1, -0.05) is 56.3 Å². The molecule has 0 unspecified atom stereocenters. The van der Waals surface area contributed by atoms with Crippen molar-refractivity contribution < 1.29 is 132 Å². The number of carbonyl (C=O) groups is 20. The third-order valence-electron chi connectivity index (χ3n) is 18.2. The van der Waals surface area contributed by atoms with Gasteiger partial charge in [0.05, 0.1) is 37.1 Å². The van der Waals surface area contributed by atoms with Crippen LogP contribution in [0.25, 0.3) is 0 Å². The van der Waals surface area contributed by atoms with Crippen molar-refractivity contribution in [3.05, 3.63) is 83.9 Å². The van der Waals surface area contributed by atoms with Gasteiger partial charge in [-0.25, -0.2) is 4.98 Å². The number of nitrogens with two attached hydrogens (primary N) is 3. The van der Waals surface area contributed by atoms with Crippen LogP contribution in [0, 0.1) is 11.3 Å². The molecule has 0 saturated carbocycles. The summed E-state index contributed by atoms with van der Waals surface area (Å²) in [6, 6.07) is -9.29. The number of aromatic hydroxyl groups is 1. The van der Waals surface area contributed by atoms with Gasteiger partial charge in [-0.05, 0) is 100.0 Å². The summed E-state index contributed by atoms with van der Waals surface area (Å²) in [6.45, 7) is 3.45. The maximum atomic E-state index is 14.6. The number of carboxylic acid groups (broad SMARTS) is 5. The summed E-state index contributed by atoms with van der Waals surface area (Å²) in [4.78, 5) is 274. The van der Waals surface area contributed by atoms with Crippen LogP contribution in [-0.4, -0.2) is 286 Å². The zero-order chi connectivity index (χ0) is 93.0. The molecule has 0 aliphatic heterocycles. The second kappa shape index (κ2) is 53.9. The minimum Gasteiger partial charge on any atom is -0.508 e. The van der Waals surface area contributed by atoms with E-state index in [1.54, 1.807) is 24.5 Å². The number of amides is 15. The predicted octanol–water partition coefficient (Wildman–Crippen LogP) is -7.99. The van der Waals surface area contributed by atoms with E-state index in [0.717, 1.165) is 25.6 Å². The number of imidazole rings is 1. The summed E-state index contributed by atoms with van der Waals surface area (Å²) in [5.41, 5.74) is 17.5. The molecule has 682 valence electrons. The Bertz CT molecular complexity index is 4220. The van der Waals surface area contributed by atoms with E-state index in [0.29, 0.717) is 11.1 Å². The third kappa shape index (κ3) is 40.2. The second-order valence-corrected chi connectivity index (χ2v) is 29.7. The second-order valence-electron chi connectivity index (χ2n) is 28.7. The van der Waals surface area contributed by atoms with Crippen molar-refractivity contribution in [2.45, 2.75) is 209 Å². The van der Waals surface area contributed by atoms with Gasteiger partial charge >= 0.3 is 29.8 Å². The average Bonchev–Trinajstić information content (AvgIpc) is 1.65. The zero-order valence-electron chi connectivity index (χ0n) is 68.3. The Hall–Kier alpha value is -13.6. The SMILES string of the molecule is CSCC[C@H](NC(=O)[C@@H](NC(=O)[C@H](CCC(=O)O)NC(=O)[C@H](Cc1ccccc1)NC(=O)[C@H](CCC(=O)O)NC(=O)[C@H](CCC(N)=O)NC(=O)[C@@H](N)CCCNC(=N)N)C(C)C)C(=O)N[C@@H](CCC(=O)O)C(=O)N[C@@H](CC(=O)O)C(=O)N[C@@H](Cc1c[nH]cn1)C(=O)N[C@@H](C)C(=O)NCC(=O)N[C@H](C(=O)N[C@@H](Cc1ccc(O)cc1)C(=O)NCC(=O)O)[C@@H](C)O. The summed E-state index contributed by atoms with van der Waals surface area (Å²) in [7, 11) is 0. The molecule has 0 radical (unpaired) electrons. The van der Waals surface area contributed by atoms with E-state index in [2.05, 4.69) is 89.7 Å². The summed E-state index contributed by atoms with van der Waals surface area (Å²) >= 11 is 1.15. The molecule has 3 rings (SSSR count). The number of guanidine groups is 1. The Labute approximate surface area is 713 Å². The number of carbonyl (C=O) groups excluding carboxylic acids is 15. The number of nitrogens with one attached hydrogen (secondary N) is 17. The van der Waals surface area contributed by atoms with Gasteiger partial charge in [0, 0.05) is 57.7 Å². The van der Waals surface area contributed by atoms with Crippen molar-refractivity contribution in [2.75, 3.05) is 31.6 Å². The molecule has 1 heterocycles. The number of aliphatic hydroxyl groups is 1. The van der Waals surface area contributed by atoms with Crippen LogP contribution in [-0.2, 0) is 115 Å². The number of benzene rings is 2. The van der Waals surface area contributed by atoms with E-state index in [-0.39, 0.29) is 55.4 Å². The number of primary amides is 1. The smallest absolute Gasteiger partial charge is 0.322 e. The normalized spacial score (nSPS) is 14.3. The van der Waals surface area contributed by atoms with E-state index in [9.17, 15) is 127 Å². The Morgan fingerprint density at radius 1 is 0.435 bits per heavy atom. The molecule has 30 N–H and O–H groups in total. The predicted molar refractivity (Wildman–Crippen MR) is 435 cm³/mol. The van der Waals surface area contributed by atoms with E-state index in [1.165, 1.54) is 62.8 Å². The van der Waals surface area contributed by atoms with Crippen LogP contribution in [0.4, 0.5) is 0 Å². The highest BCUT2D eigenvalue weighted by atomic mass is 32.2. The molecule has 0 fully saturated rings. The number of rotatable bonds is 58. The van der Waals surface area contributed by atoms with Gasteiger partial charge in [-0.3, -0.25) is 101 Å². The number of aliphatic carboxylic acids is 5. The first kappa shape index (κ1) is 105. The van der Waals surface area contributed by atoms with Crippen molar-refractivity contribution >= 4 is 136 Å². The third-order valence-corrected chi connectivity index (χ3v) is 18.8. The molecule has 49 heteroatoms. The first-order valence-corrected chi connectivity index (χ1v) is 40.1. The molecule has 2 aromatic carbocycles. The first-order chi connectivity index (χ1) is 58.4. The molecular weight excluding hydrogens is 1660 g/mol. The fourth-order valence-corrected chi connectivity index (χ4v) is 12.0. The van der Waals surface area contributed by atoms with E-state index >= 15 is 0 Å². The number of carboxylic acids is 5.